The van der Waals surface area contributed by atoms with Crippen LogP contribution in [-0.4, -0.2) is 11.6 Å². The van der Waals surface area contributed by atoms with Gasteiger partial charge >= 0.3 is 0 Å². The average molecular weight is 228 g/mol. The van der Waals surface area contributed by atoms with E-state index in [0.29, 0.717) is 5.82 Å². The molecule has 0 spiro atoms. The summed E-state index contributed by atoms with van der Waals surface area (Å²) in [4.78, 5) is 7.78. The summed E-state index contributed by atoms with van der Waals surface area (Å²) in [5.74, 6) is 1.31. The van der Waals surface area contributed by atoms with Crippen LogP contribution in [0, 0.1) is 12.5 Å². The average Bonchev–Trinajstić information content (AvgIpc) is 3.19. The highest BCUT2D eigenvalue weighted by atomic mass is 16.5. The summed E-state index contributed by atoms with van der Waals surface area (Å²) in [7, 11) is 0. The molecule has 1 unspecified atom stereocenters. The molecule has 1 fully saturated rings. The van der Waals surface area contributed by atoms with E-state index in [2.05, 4.69) is 9.83 Å². The maximum absolute atomic E-state index is 6.99. The summed E-state index contributed by atoms with van der Waals surface area (Å²) in [6.07, 6.45) is 6.08. The highest BCUT2D eigenvalue weighted by Crippen LogP contribution is 2.36. The van der Waals surface area contributed by atoms with Gasteiger partial charge in [-0.05, 0) is 37.7 Å². The van der Waals surface area contributed by atoms with E-state index in [1.807, 2.05) is 12.1 Å². The Morgan fingerprint density at radius 3 is 3.00 bits per heavy atom. The van der Waals surface area contributed by atoms with E-state index in [1.54, 1.807) is 0 Å². The zero-order valence-corrected chi connectivity index (χ0v) is 9.85. The minimum Gasteiger partial charge on any atom is -0.373 e. The summed E-state index contributed by atoms with van der Waals surface area (Å²) < 4.78 is 5.99. The molecular weight excluding hydrogens is 212 g/mol. The van der Waals surface area contributed by atoms with E-state index in [-0.39, 0.29) is 6.10 Å². The van der Waals surface area contributed by atoms with Crippen molar-refractivity contribution >= 4 is 5.82 Å². The molecule has 1 atom stereocenters. The molecule has 0 radical (unpaired) electrons. The van der Waals surface area contributed by atoms with Gasteiger partial charge < -0.3 is 9.58 Å². The Balaban J connectivity index is 1.78. The molecule has 3 heteroatoms. The van der Waals surface area contributed by atoms with Crippen molar-refractivity contribution < 1.29 is 4.74 Å². The second-order valence-corrected chi connectivity index (χ2v) is 4.97. The molecule has 17 heavy (non-hydrogen) atoms. The molecule has 0 bridgehead atoms. The molecule has 3 rings (SSSR count). The number of nitrogens with zero attached hydrogens (tertiary/aromatic N) is 2. The van der Waals surface area contributed by atoms with E-state index >= 15 is 0 Å². The van der Waals surface area contributed by atoms with Gasteiger partial charge in [0.1, 0.15) is 5.69 Å². The zero-order chi connectivity index (χ0) is 11.7. The standard InChI is InChI=1S/C14H16N2O/c1-15-14-8-7-11-12(16-14)3-2-4-13(11)17-9-10-5-6-10/h7-8,10,13H,2-6,9H2. The third-order valence-corrected chi connectivity index (χ3v) is 3.57. The van der Waals surface area contributed by atoms with Gasteiger partial charge in [0.2, 0.25) is 0 Å². The van der Waals surface area contributed by atoms with E-state index < -0.39 is 0 Å². The minimum atomic E-state index is 0.214. The molecular formula is C14H16N2O. The first-order valence-electron chi connectivity index (χ1n) is 6.35. The number of aromatic nitrogens is 1. The van der Waals surface area contributed by atoms with Crippen molar-refractivity contribution in [2.75, 3.05) is 6.61 Å². The second-order valence-electron chi connectivity index (χ2n) is 4.97. The highest BCUT2D eigenvalue weighted by molar-refractivity contribution is 5.41. The van der Waals surface area contributed by atoms with Crippen molar-refractivity contribution in [2.24, 2.45) is 5.92 Å². The number of rotatable bonds is 3. The number of aryl methyl sites for hydroxylation is 1. The van der Waals surface area contributed by atoms with Crippen molar-refractivity contribution in [1.29, 1.82) is 0 Å². The van der Waals surface area contributed by atoms with Crippen molar-refractivity contribution in [3.05, 3.63) is 34.8 Å². The molecule has 0 aliphatic heterocycles. The van der Waals surface area contributed by atoms with Gasteiger partial charge in [0.15, 0.2) is 0 Å². The maximum atomic E-state index is 6.99. The lowest BCUT2D eigenvalue weighted by Gasteiger charge is -2.23. The van der Waals surface area contributed by atoms with Gasteiger partial charge in [0.25, 0.3) is 5.82 Å². The predicted molar refractivity (Wildman–Crippen MR) is 64.9 cm³/mol. The van der Waals surface area contributed by atoms with E-state index in [9.17, 15) is 0 Å². The Morgan fingerprint density at radius 1 is 1.35 bits per heavy atom. The van der Waals surface area contributed by atoms with Crippen molar-refractivity contribution in [3.63, 3.8) is 0 Å². The molecule has 0 saturated heterocycles. The smallest absolute Gasteiger partial charge is 0.269 e. The van der Waals surface area contributed by atoms with Gasteiger partial charge in [-0.2, -0.15) is 0 Å². The number of hydrogen-bond acceptors (Lipinski definition) is 2. The predicted octanol–water partition coefficient (Wildman–Crippen LogP) is 3.44. The monoisotopic (exact) mass is 228 g/mol. The van der Waals surface area contributed by atoms with Crippen molar-refractivity contribution in [1.82, 2.24) is 4.98 Å². The summed E-state index contributed by atoms with van der Waals surface area (Å²) in [5.41, 5.74) is 2.29. The fourth-order valence-corrected chi connectivity index (χ4v) is 2.38. The fourth-order valence-electron chi connectivity index (χ4n) is 2.38. The van der Waals surface area contributed by atoms with Crippen LogP contribution in [0.25, 0.3) is 4.85 Å². The molecule has 0 N–H and O–H groups in total. The fraction of sp³-hybridized carbons (Fsp3) is 0.571. The number of ether oxygens (including phenoxy) is 1. The van der Waals surface area contributed by atoms with Crippen LogP contribution in [0.2, 0.25) is 0 Å². The Bertz CT molecular complexity index is 460. The van der Waals surface area contributed by atoms with Crippen LogP contribution in [0.3, 0.4) is 0 Å². The topological polar surface area (TPSA) is 26.5 Å². The van der Waals surface area contributed by atoms with Crippen LogP contribution in [0.5, 0.6) is 0 Å². The Labute approximate surface area is 102 Å². The van der Waals surface area contributed by atoms with Crippen molar-refractivity contribution in [3.8, 4) is 0 Å². The summed E-state index contributed by atoms with van der Waals surface area (Å²) in [6, 6.07) is 3.84. The third-order valence-electron chi connectivity index (χ3n) is 3.57. The molecule has 3 nitrogen and oxygen atoms in total. The molecule has 1 saturated carbocycles. The van der Waals surface area contributed by atoms with Gasteiger partial charge in [-0.25, -0.2) is 0 Å². The summed E-state index contributed by atoms with van der Waals surface area (Å²) >= 11 is 0. The lowest BCUT2D eigenvalue weighted by atomic mass is 9.93. The molecule has 88 valence electrons. The number of fused-ring (bicyclic) bond motifs is 1. The van der Waals surface area contributed by atoms with E-state index in [0.717, 1.165) is 37.5 Å². The highest BCUT2D eigenvalue weighted by Gasteiger charge is 2.27. The van der Waals surface area contributed by atoms with Gasteiger partial charge in [-0.1, -0.05) is 12.6 Å². The summed E-state index contributed by atoms with van der Waals surface area (Å²) in [5, 5.41) is 0. The van der Waals surface area contributed by atoms with Crippen LogP contribution in [0.4, 0.5) is 5.82 Å². The zero-order valence-electron chi connectivity index (χ0n) is 9.85. The van der Waals surface area contributed by atoms with Gasteiger partial charge in [-0.15, -0.1) is 4.98 Å². The Kier molecular flexibility index (Phi) is 2.82. The second kappa shape index (κ2) is 4.46. The van der Waals surface area contributed by atoms with Gasteiger partial charge in [-0.3, -0.25) is 0 Å². The van der Waals surface area contributed by atoms with Crippen LogP contribution in [-0.2, 0) is 11.2 Å². The normalized spacial score (nSPS) is 22.9. The van der Waals surface area contributed by atoms with Crippen LogP contribution >= 0.6 is 0 Å². The van der Waals surface area contributed by atoms with Gasteiger partial charge in [0, 0.05) is 12.0 Å². The van der Waals surface area contributed by atoms with Crippen LogP contribution in [0.15, 0.2) is 12.1 Å². The molecule has 0 amide bonds. The number of pyridine rings is 1. The lowest BCUT2D eigenvalue weighted by Crippen LogP contribution is -2.15. The minimum absolute atomic E-state index is 0.214. The largest absolute Gasteiger partial charge is 0.373 e. The first kappa shape index (κ1) is 10.7. The van der Waals surface area contributed by atoms with Crippen LogP contribution < -0.4 is 0 Å². The van der Waals surface area contributed by atoms with Crippen LogP contribution in [0.1, 0.15) is 43.0 Å². The maximum Gasteiger partial charge on any atom is 0.269 e. The molecule has 2 aliphatic carbocycles. The quantitative estimate of drug-likeness (QED) is 0.741. The molecule has 1 heterocycles. The third kappa shape index (κ3) is 2.32. The molecule has 2 aliphatic rings. The molecule has 1 aromatic rings. The van der Waals surface area contributed by atoms with E-state index in [4.69, 9.17) is 11.3 Å². The Morgan fingerprint density at radius 2 is 2.24 bits per heavy atom. The summed E-state index contributed by atoms with van der Waals surface area (Å²) in [6.45, 7) is 7.89. The molecule has 1 aromatic heterocycles. The lowest BCUT2D eigenvalue weighted by molar-refractivity contribution is 0.0333. The van der Waals surface area contributed by atoms with E-state index in [1.165, 1.54) is 18.4 Å². The Hall–Kier alpha value is -1.40. The first-order chi connectivity index (χ1) is 8.36. The first-order valence-corrected chi connectivity index (χ1v) is 6.35. The number of hydrogen-bond donors (Lipinski definition) is 0. The SMILES string of the molecule is [C-]#[N+]c1ccc2c(n1)CCCC2OCC1CC1. The molecule has 0 aromatic carbocycles. The van der Waals surface area contributed by atoms with Crippen molar-refractivity contribution in [2.45, 2.75) is 38.2 Å². The van der Waals surface area contributed by atoms with Gasteiger partial charge in [0.05, 0.1) is 12.7 Å².